The van der Waals surface area contributed by atoms with Crippen LogP contribution in [0.15, 0.2) is 48.7 Å². The number of para-hydroxylation sites is 1. The Kier molecular flexibility index (Phi) is 6.23. The van der Waals surface area contributed by atoms with Gasteiger partial charge in [0.05, 0.1) is 25.6 Å². The molecule has 6 heteroatoms. The van der Waals surface area contributed by atoms with Gasteiger partial charge in [0.1, 0.15) is 5.75 Å². The number of amides is 2. The summed E-state index contributed by atoms with van der Waals surface area (Å²) in [7, 11) is 3.29. The van der Waals surface area contributed by atoms with Crippen LogP contribution in [0.25, 0.3) is 0 Å². The molecule has 2 aromatic rings. The Bertz CT molecular complexity index is 602. The van der Waals surface area contributed by atoms with Gasteiger partial charge in [-0.25, -0.2) is 9.78 Å². The lowest BCUT2D eigenvalue weighted by atomic mass is 10.3. The predicted octanol–water partition coefficient (Wildman–Crippen LogP) is 3.02. The maximum absolute atomic E-state index is 12.0. The van der Waals surface area contributed by atoms with Crippen molar-refractivity contribution in [2.24, 2.45) is 0 Å². The zero-order valence-electron chi connectivity index (χ0n) is 13.4. The Morgan fingerprint density at radius 1 is 1.22 bits per heavy atom. The second kappa shape index (κ2) is 8.63. The van der Waals surface area contributed by atoms with Crippen LogP contribution in [-0.4, -0.2) is 43.2 Å². The third-order valence-electron chi connectivity index (χ3n) is 3.19. The molecule has 23 heavy (non-hydrogen) atoms. The third-order valence-corrected chi connectivity index (χ3v) is 3.19. The fourth-order valence-corrected chi connectivity index (χ4v) is 1.90. The lowest BCUT2D eigenvalue weighted by molar-refractivity contribution is 0.216. The van der Waals surface area contributed by atoms with Gasteiger partial charge in [-0.05, 0) is 24.6 Å². The van der Waals surface area contributed by atoms with Crippen LogP contribution in [0.4, 0.5) is 10.5 Å². The molecule has 0 saturated carbocycles. The predicted molar refractivity (Wildman–Crippen MR) is 89.0 cm³/mol. The summed E-state index contributed by atoms with van der Waals surface area (Å²) < 4.78 is 10.6. The first kappa shape index (κ1) is 16.6. The van der Waals surface area contributed by atoms with Crippen LogP contribution in [0.3, 0.4) is 0 Å². The van der Waals surface area contributed by atoms with E-state index in [-0.39, 0.29) is 6.03 Å². The van der Waals surface area contributed by atoms with Crippen LogP contribution >= 0.6 is 0 Å². The SMILES string of the molecule is COc1ccc(NC(=O)N(C)CCCOc2ccccc2)cn1. The first-order valence-electron chi connectivity index (χ1n) is 7.39. The number of carbonyl (C=O) groups is 1. The molecule has 0 aliphatic heterocycles. The fraction of sp³-hybridized carbons (Fsp3) is 0.294. The number of ether oxygens (including phenoxy) is 2. The zero-order valence-corrected chi connectivity index (χ0v) is 13.4. The molecule has 122 valence electrons. The number of carbonyl (C=O) groups excluding carboxylic acids is 1. The number of methoxy groups -OCH3 is 1. The molecule has 0 unspecified atom stereocenters. The van der Waals surface area contributed by atoms with Crippen molar-refractivity contribution in [3.63, 3.8) is 0 Å². The largest absolute Gasteiger partial charge is 0.494 e. The number of urea groups is 1. The Hall–Kier alpha value is -2.76. The molecule has 0 saturated heterocycles. The van der Waals surface area contributed by atoms with Crippen molar-refractivity contribution in [3.05, 3.63) is 48.7 Å². The molecule has 2 rings (SSSR count). The third kappa shape index (κ3) is 5.50. The number of aromatic nitrogens is 1. The molecule has 0 aliphatic carbocycles. The minimum atomic E-state index is -0.184. The normalized spacial score (nSPS) is 10.0. The smallest absolute Gasteiger partial charge is 0.321 e. The van der Waals surface area contributed by atoms with Crippen molar-refractivity contribution in [2.45, 2.75) is 6.42 Å². The molecule has 1 N–H and O–H groups in total. The van der Waals surface area contributed by atoms with Gasteiger partial charge in [0, 0.05) is 19.7 Å². The van der Waals surface area contributed by atoms with Gasteiger partial charge in [0.2, 0.25) is 5.88 Å². The molecule has 0 atom stereocenters. The average Bonchev–Trinajstić information content (AvgIpc) is 2.60. The first-order chi connectivity index (χ1) is 11.2. The number of benzene rings is 1. The molecule has 1 aromatic heterocycles. The highest BCUT2D eigenvalue weighted by atomic mass is 16.5. The Morgan fingerprint density at radius 2 is 2.00 bits per heavy atom. The van der Waals surface area contributed by atoms with E-state index in [2.05, 4.69) is 10.3 Å². The van der Waals surface area contributed by atoms with E-state index in [4.69, 9.17) is 9.47 Å². The molecular formula is C17H21N3O3. The van der Waals surface area contributed by atoms with E-state index in [1.165, 1.54) is 0 Å². The maximum Gasteiger partial charge on any atom is 0.321 e. The highest BCUT2D eigenvalue weighted by Crippen LogP contribution is 2.12. The molecule has 6 nitrogen and oxygen atoms in total. The summed E-state index contributed by atoms with van der Waals surface area (Å²) in [6, 6.07) is 12.9. The van der Waals surface area contributed by atoms with Gasteiger partial charge in [0.25, 0.3) is 0 Å². The quantitative estimate of drug-likeness (QED) is 0.798. The molecular weight excluding hydrogens is 294 g/mol. The Balaban J connectivity index is 1.69. The number of nitrogens with zero attached hydrogens (tertiary/aromatic N) is 2. The molecule has 0 bridgehead atoms. The maximum atomic E-state index is 12.0. The van der Waals surface area contributed by atoms with Crippen molar-refractivity contribution in [3.8, 4) is 11.6 Å². The van der Waals surface area contributed by atoms with E-state index < -0.39 is 0 Å². The number of nitrogens with one attached hydrogen (secondary N) is 1. The summed E-state index contributed by atoms with van der Waals surface area (Å²) in [5, 5.41) is 2.78. The first-order valence-corrected chi connectivity index (χ1v) is 7.39. The molecule has 0 aliphatic rings. The van der Waals surface area contributed by atoms with Gasteiger partial charge in [0.15, 0.2) is 0 Å². The summed E-state index contributed by atoms with van der Waals surface area (Å²) in [6.07, 6.45) is 2.31. The van der Waals surface area contributed by atoms with Gasteiger partial charge < -0.3 is 19.7 Å². The Labute approximate surface area is 136 Å². The highest BCUT2D eigenvalue weighted by molar-refractivity contribution is 5.88. The minimum absolute atomic E-state index is 0.184. The summed E-state index contributed by atoms with van der Waals surface area (Å²) in [5.74, 6) is 1.35. The summed E-state index contributed by atoms with van der Waals surface area (Å²) >= 11 is 0. The molecule has 1 heterocycles. The average molecular weight is 315 g/mol. The zero-order chi connectivity index (χ0) is 16.5. The highest BCUT2D eigenvalue weighted by Gasteiger charge is 2.08. The van der Waals surface area contributed by atoms with Crippen LogP contribution in [0.2, 0.25) is 0 Å². The molecule has 0 radical (unpaired) electrons. The van der Waals surface area contributed by atoms with E-state index in [0.717, 1.165) is 12.2 Å². The number of rotatable bonds is 7. The summed E-state index contributed by atoms with van der Waals surface area (Å²) in [5.41, 5.74) is 0.628. The van der Waals surface area contributed by atoms with Crippen LogP contribution in [0, 0.1) is 0 Å². The lowest BCUT2D eigenvalue weighted by Crippen LogP contribution is -2.32. The number of hydrogen-bond donors (Lipinski definition) is 1. The second-order valence-electron chi connectivity index (χ2n) is 4.96. The second-order valence-corrected chi connectivity index (χ2v) is 4.96. The monoisotopic (exact) mass is 315 g/mol. The van der Waals surface area contributed by atoms with Gasteiger partial charge >= 0.3 is 6.03 Å². The number of pyridine rings is 1. The molecule has 0 fully saturated rings. The van der Waals surface area contributed by atoms with Crippen molar-refractivity contribution in [1.82, 2.24) is 9.88 Å². The number of anilines is 1. The van der Waals surface area contributed by atoms with Gasteiger partial charge in [-0.3, -0.25) is 0 Å². The van der Waals surface area contributed by atoms with Gasteiger partial charge in [-0.2, -0.15) is 0 Å². The van der Waals surface area contributed by atoms with E-state index in [1.54, 1.807) is 37.4 Å². The van der Waals surface area contributed by atoms with Gasteiger partial charge in [-0.15, -0.1) is 0 Å². The van der Waals surface area contributed by atoms with Crippen molar-refractivity contribution in [1.29, 1.82) is 0 Å². The van der Waals surface area contributed by atoms with E-state index in [1.807, 2.05) is 30.3 Å². The number of hydrogen-bond acceptors (Lipinski definition) is 4. The van der Waals surface area contributed by atoms with Gasteiger partial charge in [-0.1, -0.05) is 18.2 Å². The minimum Gasteiger partial charge on any atom is -0.494 e. The van der Waals surface area contributed by atoms with Crippen molar-refractivity contribution >= 4 is 11.7 Å². The molecule has 1 aromatic carbocycles. The van der Waals surface area contributed by atoms with E-state index in [9.17, 15) is 4.79 Å². The fourth-order valence-electron chi connectivity index (χ4n) is 1.90. The topological polar surface area (TPSA) is 63.7 Å². The van der Waals surface area contributed by atoms with Crippen molar-refractivity contribution in [2.75, 3.05) is 32.6 Å². The summed E-state index contributed by atoms with van der Waals surface area (Å²) in [6.45, 7) is 1.16. The standard InChI is InChI=1S/C17H21N3O3/c1-20(11-6-12-23-15-7-4-3-5-8-15)17(21)19-14-9-10-16(22-2)18-13-14/h3-5,7-10,13H,6,11-12H2,1-2H3,(H,19,21). The Morgan fingerprint density at radius 3 is 2.65 bits per heavy atom. The summed E-state index contributed by atoms with van der Waals surface area (Å²) in [4.78, 5) is 17.7. The van der Waals surface area contributed by atoms with Crippen LogP contribution in [0.5, 0.6) is 11.6 Å². The van der Waals surface area contributed by atoms with Crippen LogP contribution in [-0.2, 0) is 0 Å². The lowest BCUT2D eigenvalue weighted by Gasteiger charge is -2.18. The van der Waals surface area contributed by atoms with Crippen molar-refractivity contribution < 1.29 is 14.3 Å². The van der Waals surface area contributed by atoms with Crippen LogP contribution in [0.1, 0.15) is 6.42 Å². The van der Waals surface area contributed by atoms with E-state index in [0.29, 0.717) is 24.7 Å². The van der Waals surface area contributed by atoms with Crippen LogP contribution < -0.4 is 14.8 Å². The molecule has 0 spiro atoms. The van der Waals surface area contributed by atoms with E-state index >= 15 is 0 Å². The molecule has 2 amide bonds.